The van der Waals surface area contributed by atoms with Crippen molar-refractivity contribution < 1.29 is 9.90 Å². The van der Waals surface area contributed by atoms with Crippen molar-refractivity contribution in [3.05, 3.63) is 40.3 Å². The van der Waals surface area contributed by atoms with Gasteiger partial charge in [0.05, 0.1) is 5.75 Å². The van der Waals surface area contributed by atoms with Crippen molar-refractivity contribution >= 4 is 23.4 Å². The van der Waals surface area contributed by atoms with E-state index in [1.54, 1.807) is 19.1 Å². The zero-order chi connectivity index (χ0) is 14.5. The number of thioether (sulfide) groups is 1. The molecule has 0 saturated carbocycles. The predicted octanol–water partition coefficient (Wildman–Crippen LogP) is 0.910. The third kappa shape index (κ3) is 3.82. The number of nitrogens with one attached hydrogen (secondary N) is 2. The van der Waals surface area contributed by atoms with Crippen molar-refractivity contribution in [3.8, 4) is 5.75 Å². The molecule has 0 spiro atoms. The predicted molar refractivity (Wildman–Crippen MR) is 74.9 cm³/mol. The number of aromatic nitrogens is 3. The Kier molecular flexibility index (Phi) is 4.36. The maximum atomic E-state index is 11.7. The highest BCUT2D eigenvalue weighted by Crippen LogP contribution is 2.16. The Labute approximate surface area is 118 Å². The Morgan fingerprint density at radius 1 is 1.45 bits per heavy atom. The summed E-state index contributed by atoms with van der Waals surface area (Å²) in [6.07, 6.45) is 0. The number of aromatic hydroxyl groups is 1. The summed E-state index contributed by atoms with van der Waals surface area (Å²) < 4.78 is 0. The van der Waals surface area contributed by atoms with Crippen LogP contribution in [-0.4, -0.2) is 31.9 Å². The summed E-state index contributed by atoms with van der Waals surface area (Å²) in [5.41, 5.74) is 0.452. The second kappa shape index (κ2) is 6.20. The van der Waals surface area contributed by atoms with Crippen molar-refractivity contribution in [2.45, 2.75) is 12.1 Å². The molecule has 104 valence electrons. The first-order valence-corrected chi connectivity index (χ1v) is 6.68. The van der Waals surface area contributed by atoms with Gasteiger partial charge in [0.15, 0.2) is 5.16 Å². The monoisotopic (exact) mass is 292 g/mol. The number of rotatable bonds is 4. The maximum absolute atomic E-state index is 11.7. The van der Waals surface area contributed by atoms with Crippen LogP contribution >= 0.6 is 11.8 Å². The number of aromatic amines is 1. The van der Waals surface area contributed by atoms with E-state index in [0.29, 0.717) is 5.69 Å². The van der Waals surface area contributed by atoms with Crippen LogP contribution in [0.2, 0.25) is 0 Å². The molecule has 8 heteroatoms. The molecule has 0 atom stereocenters. The standard InChI is InChI=1S/C12H12N4O3S/c1-7-11(19)14-12(16-15-7)20-6-10(18)13-8-3-2-4-9(17)5-8/h2-5,17H,6H2,1H3,(H,13,18)(H,14,16,19). The SMILES string of the molecule is Cc1nnc(SCC(=O)Nc2cccc(O)c2)[nH]c1=O. The van der Waals surface area contributed by atoms with E-state index in [4.69, 9.17) is 0 Å². The molecule has 3 N–H and O–H groups in total. The Morgan fingerprint density at radius 3 is 2.95 bits per heavy atom. The van der Waals surface area contributed by atoms with Crippen LogP contribution in [0.1, 0.15) is 5.69 Å². The molecule has 2 aromatic rings. The Bertz CT molecular complexity index is 686. The Hall–Kier alpha value is -2.35. The highest BCUT2D eigenvalue weighted by Gasteiger charge is 2.07. The highest BCUT2D eigenvalue weighted by molar-refractivity contribution is 7.99. The number of phenols is 1. The number of nitrogens with zero attached hydrogens (tertiary/aromatic N) is 2. The van der Waals surface area contributed by atoms with Gasteiger partial charge < -0.3 is 10.4 Å². The molecule has 1 aromatic heterocycles. The van der Waals surface area contributed by atoms with E-state index in [1.807, 2.05) is 0 Å². The van der Waals surface area contributed by atoms with Gasteiger partial charge >= 0.3 is 0 Å². The fraction of sp³-hybridized carbons (Fsp3) is 0.167. The van der Waals surface area contributed by atoms with Crippen LogP contribution in [0.5, 0.6) is 5.75 Å². The molecule has 0 saturated heterocycles. The summed E-state index contributed by atoms with van der Waals surface area (Å²) in [6.45, 7) is 1.55. The lowest BCUT2D eigenvalue weighted by Gasteiger charge is -2.04. The number of H-pyrrole nitrogens is 1. The van der Waals surface area contributed by atoms with Crippen LogP contribution < -0.4 is 10.9 Å². The first kappa shape index (κ1) is 14.1. The lowest BCUT2D eigenvalue weighted by atomic mass is 10.3. The first-order valence-electron chi connectivity index (χ1n) is 5.70. The van der Waals surface area contributed by atoms with Gasteiger partial charge in [0.2, 0.25) is 5.91 Å². The third-order valence-corrected chi connectivity index (χ3v) is 3.17. The normalized spacial score (nSPS) is 10.2. The van der Waals surface area contributed by atoms with Crippen LogP contribution in [0.25, 0.3) is 0 Å². The molecule has 20 heavy (non-hydrogen) atoms. The lowest BCUT2D eigenvalue weighted by Crippen LogP contribution is -2.17. The first-order chi connectivity index (χ1) is 9.54. The molecular formula is C12H12N4O3S. The van der Waals surface area contributed by atoms with Gasteiger partial charge in [-0.1, -0.05) is 17.8 Å². The van der Waals surface area contributed by atoms with Crippen LogP contribution in [0.15, 0.2) is 34.2 Å². The minimum absolute atomic E-state index is 0.0728. The molecular weight excluding hydrogens is 280 g/mol. The quantitative estimate of drug-likeness (QED) is 0.723. The smallest absolute Gasteiger partial charge is 0.273 e. The number of anilines is 1. The Balaban J connectivity index is 1.92. The largest absolute Gasteiger partial charge is 0.508 e. The molecule has 7 nitrogen and oxygen atoms in total. The molecule has 0 aliphatic heterocycles. The van der Waals surface area contributed by atoms with Crippen molar-refractivity contribution in [1.29, 1.82) is 0 Å². The molecule has 0 fully saturated rings. The summed E-state index contributed by atoms with van der Waals surface area (Å²) in [4.78, 5) is 25.5. The molecule has 0 aliphatic rings. The number of aryl methyl sites for hydroxylation is 1. The average molecular weight is 292 g/mol. The topological polar surface area (TPSA) is 108 Å². The maximum Gasteiger partial charge on any atom is 0.273 e. The van der Waals surface area contributed by atoms with E-state index in [0.717, 1.165) is 11.8 Å². The summed E-state index contributed by atoms with van der Waals surface area (Å²) in [5, 5.41) is 19.6. The molecule has 1 aromatic carbocycles. The minimum Gasteiger partial charge on any atom is -0.508 e. The van der Waals surface area contributed by atoms with Crippen LogP contribution in [0.4, 0.5) is 5.69 Å². The summed E-state index contributed by atoms with van der Waals surface area (Å²) in [5.74, 6) is -0.128. The van der Waals surface area contributed by atoms with Gasteiger partial charge in [0.25, 0.3) is 5.56 Å². The molecule has 2 rings (SSSR count). The fourth-order valence-corrected chi connectivity index (χ4v) is 1.96. The Morgan fingerprint density at radius 2 is 2.25 bits per heavy atom. The van der Waals surface area contributed by atoms with Gasteiger partial charge in [-0.05, 0) is 19.1 Å². The molecule has 1 heterocycles. The second-order valence-electron chi connectivity index (χ2n) is 3.93. The molecule has 0 radical (unpaired) electrons. The minimum atomic E-state index is -0.323. The molecule has 1 amide bonds. The fourth-order valence-electron chi connectivity index (χ4n) is 1.36. The van der Waals surface area contributed by atoms with Crippen LogP contribution in [0.3, 0.4) is 0 Å². The summed E-state index contributed by atoms with van der Waals surface area (Å²) >= 11 is 1.07. The van der Waals surface area contributed by atoms with E-state index in [1.165, 1.54) is 12.1 Å². The van der Waals surface area contributed by atoms with Crippen molar-refractivity contribution in [2.75, 3.05) is 11.1 Å². The number of carbonyl (C=O) groups excluding carboxylic acids is 1. The van der Waals surface area contributed by atoms with Crippen molar-refractivity contribution in [3.63, 3.8) is 0 Å². The van der Waals surface area contributed by atoms with E-state index in [2.05, 4.69) is 20.5 Å². The second-order valence-corrected chi connectivity index (χ2v) is 4.90. The van der Waals surface area contributed by atoms with Gasteiger partial charge in [0.1, 0.15) is 11.4 Å². The molecule has 0 unspecified atom stereocenters. The van der Waals surface area contributed by atoms with Gasteiger partial charge in [-0.15, -0.1) is 10.2 Å². The number of hydrogen-bond acceptors (Lipinski definition) is 6. The molecule has 0 bridgehead atoms. The number of hydrogen-bond donors (Lipinski definition) is 3. The number of benzene rings is 1. The lowest BCUT2D eigenvalue weighted by molar-refractivity contribution is -0.113. The zero-order valence-corrected chi connectivity index (χ0v) is 11.4. The van der Waals surface area contributed by atoms with E-state index >= 15 is 0 Å². The number of carbonyl (C=O) groups is 1. The van der Waals surface area contributed by atoms with Gasteiger partial charge in [-0.3, -0.25) is 14.6 Å². The van der Waals surface area contributed by atoms with Gasteiger partial charge in [-0.25, -0.2) is 0 Å². The highest BCUT2D eigenvalue weighted by atomic mass is 32.2. The average Bonchev–Trinajstić information content (AvgIpc) is 2.40. The zero-order valence-electron chi connectivity index (χ0n) is 10.6. The van der Waals surface area contributed by atoms with Crippen molar-refractivity contribution in [1.82, 2.24) is 15.2 Å². The summed E-state index contributed by atoms with van der Waals surface area (Å²) in [6, 6.07) is 6.24. The molecule has 0 aliphatic carbocycles. The number of phenolic OH excluding ortho intramolecular Hbond substituents is 1. The third-order valence-electron chi connectivity index (χ3n) is 2.31. The van der Waals surface area contributed by atoms with Crippen LogP contribution in [-0.2, 0) is 4.79 Å². The van der Waals surface area contributed by atoms with Crippen LogP contribution in [0, 0.1) is 6.92 Å². The van der Waals surface area contributed by atoms with E-state index in [-0.39, 0.29) is 33.8 Å². The summed E-state index contributed by atoms with van der Waals surface area (Å²) in [7, 11) is 0. The van der Waals surface area contributed by atoms with E-state index in [9.17, 15) is 14.7 Å². The van der Waals surface area contributed by atoms with Gasteiger partial charge in [0, 0.05) is 11.8 Å². The van der Waals surface area contributed by atoms with Gasteiger partial charge in [-0.2, -0.15) is 0 Å². The number of amides is 1. The van der Waals surface area contributed by atoms with Crippen molar-refractivity contribution in [2.24, 2.45) is 0 Å². The van der Waals surface area contributed by atoms with E-state index < -0.39 is 0 Å².